The quantitative estimate of drug-likeness (QED) is 0.789. The molecule has 0 spiro atoms. The van der Waals surface area contributed by atoms with E-state index in [0.29, 0.717) is 11.5 Å². The van der Waals surface area contributed by atoms with Gasteiger partial charge in [0.15, 0.2) is 11.5 Å². The van der Waals surface area contributed by atoms with E-state index < -0.39 is 5.97 Å². The Morgan fingerprint density at radius 2 is 2.22 bits per heavy atom. The molecule has 94 valence electrons. The van der Waals surface area contributed by atoms with E-state index in [2.05, 4.69) is 0 Å². The molecule has 0 saturated carbocycles. The maximum absolute atomic E-state index is 10.6. The fraction of sp³-hybridized carbons (Fsp3) is 0.333. The Morgan fingerprint density at radius 3 is 2.94 bits per heavy atom. The number of ether oxygens (including phenoxy) is 2. The molecule has 0 saturated heterocycles. The van der Waals surface area contributed by atoms with Crippen LogP contribution in [0.3, 0.4) is 0 Å². The van der Waals surface area contributed by atoms with Crippen LogP contribution in [0, 0.1) is 11.3 Å². The average Bonchev–Trinajstić information content (AvgIpc) is 2.81. The molecule has 0 unspecified atom stereocenters. The molecule has 0 amide bonds. The van der Waals surface area contributed by atoms with Crippen molar-refractivity contribution in [1.29, 1.82) is 5.26 Å². The van der Waals surface area contributed by atoms with Gasteiger partial charge in [0.1, 0.15) is 6.54 Å². The second-order valence-electron chi connectivity index (χ2n) is 3.76. The molecule has 6 nitrogen and oxygen atoms in total. The molecule has 0 atom stereocenters. The number of fused-ring (bicyclic) bond motifs is 1. The first-order valence-electron chi connectivity index (χ1n) is 5.44. The molecule has 2 rings (SSSR count). The van der Waals surface area contributed by atoms with E-state index in [1.807, 2.05) is 6.07 Å². The van der Waals surface area contributed by atoms with E-state index in [1.54, 1.807) is 23.1 Å². The van der Waals surface area contributed by atoms with Gasteiger partial charge in [-0.2, -0.15) is 5.26 Å². The number of nitrogens with zero attached hydrogens (tertiary/aromatic N) is 2. The van der Waals surface area contributed by atoms with Crippen LogP contribution >= 0.6 is 0 Å². The number of carbonyl (C=O) groups is 1. The summed E-state index contributed by atoms with van der Waals surface area (Å²) in [4.78, 5) is 12.3. The largest absolute Gasteiger partial charge is 0.481 e. The van der Waals surface area contributed by atoms with Gasteiger partial charge in [-0.1, -0.05) is 0 Å². The van der Waals surface area contributed by atoms with Gasteiger partial charge in [0.05, 0.1) is 12.5 Å². The van der Waals surface area contributed by atoms with Gasteiger partial charge in [-0.25, -0.2) is 0 Å². The third-order valence-corrected chi connectivity index (χ3v) is 2.58. The third kappa shape index (κ3) is 2.63. The third-order valence-electron chi connectivity index (χ3n) is 2.58. The maximum atomic E-state index is 10.6. The number of nitriles is 1. The molecule has 1 aliphatic rings. The zero-order chi connectivity index (χ0) is 13.0. The molecule has 1 N–H and O–H groups in total. The van der Waals surface area contributed by atoms with E-state index in [-0.39, 0.29) is 26.3 Å². The van der Waals surface area contributed by atoms with Crippen LogP contribution in [0.5, 0.6) is 11.5 Å². The second kappa shape index (κ2) is 5.27. The predicted octanol–water partition coefficient (Wildman–Crippen LogP) is 1.22. The van der Waals surface area contributed by atoms with E-state index in [0.717, 1.165) is 5.69 Å². The Kier molecular flexibility index (Phi) is 3.53. The molecule has 0 fully saturated rings. The zero-order valence-electron chi connectivity index (χ0n) is 9.63. The van der Waals surface area contributed by atoms with Crippen LogP contribution < -0.4 is 14.4 Å². The van der Waals surface area contributed by atoms with Gasteiger partial charge in [0, 0.05) is 18.3 Å². The molecule has 0 bridgehead atoms. The number of carboxylic acids is 1. The van der Waals surface area contributed by atoms with Crippen LogP contribution in [-0.4, -0.2) is 31.0 Å². The lowest BCUT2D eigenvalue weighted by molar-refractivity contribution is -0.136. The Morgan fingerprint density at radius 1 is 1.44 bits per heavy atom. The van der Waals surface area contributed by atoms with Crippen LogP contribution in [0.2, 0.25) is 0 Å². The Bertz CT molecular complexity index is 495. The monoisotopic (exact) mass is 248 g/mol. The van der Waals surface area contributed by atoms with Gasteiger partial charge >= 0.3 is 5.97 Å². The number of aliphatic carboxylic acids is 1. The summed E-state index contributed by atoms with van der Waals surface area (Å²) >= 11 is 0. The van der Waals surface area contributed by atoms with Crippen molar-refractivity contribution in [2.45, 2.75) is 6.42 Å². The van der Waals surface area contributed by atoms with Gasteiger partial charge in [-0.05, 0) is 12.1 Å². The number of carboxylic acid groups (broad SMARTS) is 1. The average molecular weight is 248 g/mol. The molecule has 0 aliphatic carbocycles. The molecular weight excluding hydrogens is 236 g/mol. The maximum Gasteiger partial charge on any atom is 0.305 e. The lowest BCUT2D eigenvalue weighted by Crippen LogP contribution is -2.26. The second-order valence-corrected chi connectivity index (χ2v) is 3.76. The van der Waals surface area contributed by atoms with Crippen molar-refractivity contribution < 1.29 is 19.4 Å². The van der Waals surface area contributed by atoms with Crippen molar-refractivity contribution in [3.05, 3.63) is 18.2 Å². The van der Waals surface area contributed by atoms with Crippen LogP contribution in [-0.2, 0) is 4.79 Å². The van der Waals surface area contributed by atoms with Crippen molar-refractivity contribution in [1.82, 2.24) is 0 Å². The Labute approximate surface area is 104 Å². The molecule has 1 heterocycles. The Hall–Kier alpha value is -2.42. The van der Waals surface area contributed by atoms with Crippen LogP contribution in [0.1, 0.15) is 6.42 Å². The SMILES string of the molecule is N#CCN(CCC(=O)O)c1ccc2c(c1)OCO2. The highest BCUT2D eigenvalue weighted by molar-refractivity contribution is 5.68. The van der Waals surface area contributed by atoms with Crippen molar-refractivity contribution >= 4 is 11.7 Å². The summed E-state index contributed by atoms with van der Waals surface area (Å²) in [5.74, 6) is 0.387. The lowest BCUT2D eigenvalue weighted by Gasteiger charge is -2.20. The first-order chi connectivity index (χ1) is 8.70. The van der Waals surface area contributed by atoms with Crippen molar-refractivity contribution in [2.75, 3.05) is 24.8 Å². The molecule has 0 radical (unpaired) electrons. The molecule has 1 aromatic carbocycles. The lowest BCUT2D eigenvalue weighted by atomic mass is 10.2. The minimum absolute atomic E-state index is 0.0177. The summed E-state index contributed by atoms with van der Waals surface area (Å²) in [5, 5.41) is 17.4. The minimum atomic E-state index is -0.890. The van der Waals surface area contributed by atoms with E-state index in [4.69, 9.17) is 19.8 Å². The number of hydrogen-bond acceptors (Lipinski definition) is 5. The van der Waals surface area contributed by atoms with Crippen molar-refractivity contribution in [3.63, 3.8) is 0 Å². The van der Waals surface area contributed by atoms with E-state index in [9.17, 15) is 4.79 Å². The summed E-state index contributed by atoms with van der Waals surface area (Å²) in [5.41, 5.74) is 0.752. The van der Waals surface area contributed by atoms with Gasteiger partial charge in [0.25, 0.3) is 0 Å². The van der Waals surface area contributed by atoms with Crippen LogP contribution in [0.15, 0.2) is 18.2 Å². The number of rotatable bonds is 5. The smallest absolute Gasteiger partial charge is 0.305 e. The van der Waals surface area contributed by atoms with Gasteiger partial charge in [-0.15, -0.1) is 0 Å². The molecular formula is C12H12N2O4. The fourth-order valence-corrected chi connectivity index (χ4v) is 1.70. The molecule has 0 aromatic heterocycles. The number of benzene rings is 1. The minimum Gasteiger partial charge on any atom is -0.481 e. The summed E-state index contributed by atoms with van der Waals surface area (Å²) < 4.78 is 10.4. The van der Waals surface area contributed by atoms with Crippen molar-refractivity contribution in [2.24, 2.45) is 0 Å². The van der Waals surface area contributed by atoms with Crippen LogP contribution in [0.4, 0.5) is 5.69 Å². The molecule has 1 aliphatic heterocycles. The summed E-state index contributed by atoms with van der Waals surface area (Å²) in [6.07, 6.45) is -0.0177. The predicted molar refractivity (Wildman–Crippen MR) is 62.6 cm³/mol. The van der Waals surface area contributed by atoms with Gasteiger partial charge < -0.3 is 19.5 Å². The summed E-state index contributed by atoms with van der Waals surface area (Å²) in [6, 6.07) is 7.31. The number of hydrogen-bond donors (Lipinski definition) is 1. The summed E-state index contributed by atoms with van der Waals surface area (Å²) in [6.45, 7) is 0.599. The Balaban J connectivity index is 2.15. The van der Waals surface area contributed by atoms with Gasteiger partial charge in [0.2, 0.25) is 6.79 Å². The normalized spacial score (nSPS) is 11.9. The highest BCUT2D eigenvalue weighted by Gasteiger charge is 2.16. The standard InChI is InChI=1S/C12H12N2O4/c13-4-6-14(5-3-12(15)16)9-1-2-10-11(7-9)18-8-17-10/h1-2,7H,3,5-6,8H2,(H,15,16). The first kappa shape index (κ1) is 12.0. The molecule has 1 aromatic rings. The highest BCUT2D eigenvalue weighted by atomic mass is 16.7. The first-order valence-corrected chi connectivity index (χ1v) is 5.44. The topological polar surface area (TPSA) is 82.8 Å². The van der Waals surface area contributed by atoms with E-state index >= 15 is 0 Å². The molecule has 18 heavy (non-hydrogen) atoms. The highest BCUT2D eigenvalue weighted by Crippen LogP contribution is 2.35. The van der Waals surface area contributed by atoms with Crippen LogP contribution in [0.25, 0.3) is 0 Å². The zero-order valence-corrected chi connectivity index (χ0v) is 9.63. The number of anilines is 1. The van der Waals surface area contributed by atoms with Crippen molar-refractivity contribution in [3.8, 4) is 17.6 Å². The van der Waals surface area contributed by atoms with E-state index in [1.165, 1.54) is 0 Å². The van der Waals surface area contributed by atoms with Gasteiger partial charge in [-0.3, -0.25) is 4.79 Å². The fourth-order valence-electron chi connectivity index (χ4n) is 1.70. The summed E-state index contributed by atoms with van der Waals surface area (Å²) in [7, 11) is 0. The molecule has 6 heteroatoms.